The van der Waals surface area contributed by atoms with Crippen LogP contribution in [0.15, 0.2) is 30.3 Å². The average molecular weight is 194 g/mol. The number of aliphatic carboxylic acids is 1. The number of rotatable bonds is 5. The number of hydrogen-bond acceptors (Lipinski definition) is 3. The largest absolute Gasteiger partial charge is 0.480 e. The van der Waals surface area contributed by atoms with Crippen LogP contribution in [-0.2, 0) is 4.79 Å². The van der Waals surface area contributed by atoms with E-state index in [1.54, 1.807) is 19.2 Å². The molecule has 0 saturated heterocycles. The van der Waals surface area contributed by atoms with Gasteiger partial charge in [-0.3, -0.25) is 10.1 Å². The van der Waals surface area contributed by atoms with Gasteiger partial charge in [-0.25, -0.2) is 0 Å². The van der Waals surface area contributed by atoms with Gasteiger partial charge in [-0.05, 0) is 12.6 Å². The Morgan fingerprint density at radius 1 is 1.43 bits per heavy atom. The molecule has 0 saturated carbocycles. The average Bonchev–Trinajstić information content (AvgIpc) is 2.19. The molecule has 0 aliphatic heterocycles. The summed E-state index contributed by atoms with van der Waals surface area (Å²) in [6.07, 6.45) is 0. The zero-order valence-electron chi connectivity index (χ0n) is 8.03. The molecule has 0 heterocycles. The fraction of sp³-hybridized carbons (Fsp3) is 0.300. The number of hydrogen-bond donors (Lipinski definition) is 3. The van der Waals surface area contributed by atoms with E-state index in [1.165, 1.54) is 0 Å². The molecule has 0 radical (unpaired) electrons. The van der Waals surface area contributed by atoms with E-state index in [2.05, 4.69) is 10.6 Å². The van der Waals surface area contributed by atoms with Gasteiger partial charge < -0.3 is 10.4 Å². The summed E-state index contributed by atoms with van der Waals surface area (Å²) < 4.78 is 0. The van der Waals surface area contributed by atoms with Crippen LogP contribution in [0.5, 0.6) is 0 Å². The number of carboxylic acid groups (broad SMARTS) is 1. The van der Waals surface area contributed by atoms with E-state index in [9.17, 15) is 4.79 Å². The monoisotopic (exact) mass is 194 g/mol. The van der Waals surface area contributed by atoms with Crippen LogP contribution < -0.4 is 10.6 Å². The molecule has 1 aromatic rings. The van der Waals surface area contributed by atoms with Crippen molar-refractivity contribution in [1.29, 1.82) is 0 Å². The van der Waals surface area contributed by atoms with Crippen LogP contribution in [0.25, 0.3) is 0 Å². The van der Waals surface area contributed by atoms with Crippen LogP contribution in [0.1, 0.15) is 11.6 Å². The first-order chi connectivity index (χ1) is 6.75. The highest BCUT2D eigenvalue weighted by Crippen LogP contribution is 2.11. The fourth-order valence-electron chi connectivity index (χ4n) is 1.20. The van der Waals surface area contributed by atoms with Gasteiger partial charge in [-0.15, -0.1) is 0 Å². The summed E-state index contributed by atoms with van der Waals surface area (Å²) >= 11 is 0. The maximum atomic E-state index is 10.9. The molecule has 0 unspecified atom stereocenters. The van der Waals surface area contributed by atoms with E-state index < -0.39 is 12.0 Å². The molecule has 0 aliphatic rings. The van der Waals surface area contributed by atoms with E-state index in [-0.39, 0.29) is 0 Å². The molecule has 0 aliphatic carbocycles. The normalized spacial score (nSPS) is 12.4. The van der Waals surface area contributed by atoms with Crippen molar-refractivity contribution in [2.75, 3.05) is 13.7 Å². The van der Waals surface area contributed by atoms with Crippen molar-refractivity contribution >= 4 is 5.97 Å². The maximum absolute atomic E-state index is 10.9. The molecular weight excluding hydrogens is 180 g/mol. The predicted molar refractivity (Wildman–Crippen MR) is 53.9 cm³/mol. The standard InChI is InChI=1S/C10H14N2O2/c1-11-7-12-9(10(13)14)8-5-3-2-4-6-8/h2-6,9,11-12H,7H2,1H3,(H,13,14)/t9-/m1/s1. The third kappa shape index (κ3) is 2.83. The molecule has 1 rings (SSSR count). The minimum absolute atomic E-state index is 0.464. The van der Waals surface area contributed by atoms with Crippen molar-refractivity contribution < 1.29 is 9.90 Å². The minimum atomic E-state index is -0.869. The molecule has 14 heavy (non-hydrogen) atoms. The minimum Gasteiger partial charge on any atom is -0.480 e. The van der Waals surface area contributed by atoms with Crippen LogP contribution in [-0.4, -0.2) is 24.8 Å². The van der Waals surface area contributed by atoms with E-state index in [1.807, 2.05) is 18.2 Å². The van der Waals surface area contributed by atoms with Crippen molar-refractivity contribution in [2.24, 2.45) is 0 Å². The maximum Gasteiger partial charge on any atom is 0.325 e. The highest BCUT2D eigenvalue weighted by Gasteiger charge is 2.17. The molecule has 1 aromatic carbocycles. The Bertz CT molecular complexity index is 287. The van der Waals surface area contributed by atoms with Crippen molar-refractivity contribution in [3.63, 3.8) is 0 Å². The van der Waals surface area contributed by atoms with Crippen molar-refractivity contribution in [1.82, 2.24) is 10.6 Å². The first-order valence-corrected chi connectivity index (χ1v) is 4.41. The zero-order valence-corrected chi connectivity index (χ0v) is 8.03. The fourth-order valence-corrected chi connectivity index (χ4v) is 1.20. The molecular formula is C10H14N2O2. The van der Waals surface area contributed by atoms with Gasteiger partial charge in [0.1, 0.15) is 6.04 Å². The van der Waals surface area contributed by atoms with Gasteiger partial charge in [0, 0.05) is 6.67 Å². The van der Waals surface area contributed by atoms with E-state index >= 15 is 0 Å². The van der Waals surface area contributed by atoms with E-state index in [4.69, 9.17) is 5.11 Å². The topological polar surface area (TPSA) is 61.4 Å². The number of benzene rings is 1. The van der Waals surface area contributed by atoms with Crippen molar-refractivity contribution in [3.8, 4) is 0 Å². The molecule has 0 bridgehead atoms. The summed E-state index contributed by atoms with van der Waals surface area (Å²) in [5, 5.41) is 14.7. The number of carbonyl (C=O) groups is 1. The summed E-state index contributed by atoms with van der Waals surface area (Å²) in [6.45, 7) is 0.464. The Morgan fingerprint density at radius 3 is 2.57 bits per heavy atom. The van der Waals surface area contributed by atoms with Crippen LogP contribution in [0.3, 0.4) is 0 Å². The van der Waals surface area contributed by atoms with Gasteiger partial charge in [-0.1, -0.05) is 30.3 Å². The SMILES string of the molecule is CNCN[C@@H](C(=O)O)c1ccccc1. The second-order valence-corrected chi connectivity index (χ2v) is 2.92. The lowest BCUT2D eigenvalue weighted by Crippen LogP contribution is -2.34. The quantitative estimate of drug-likeness (QED) is 0.600. The molecule has 0 fully saturated rings. The smallest absolute Gasteiger partial charge is 0.325 e. The van der Waals surface area contributed by atoms with Gasteiger partial charge in [0.25, 0.3) is 0 Å². The highest BCUT2D eigenvalue weighted by molar-refractivity contribution is 5.75. The molecule has 1 atom stereocenters. The molecule has 76 valence electrons. The van der Waals surface area contributed by atoms with Crippen LogP contribution >= 0.6 is 0 Å². The van der Waals surface area contributed by atoms with Gasteiger partial charge in [0.05, 0.1) is 0 Å². The Balaban J connectivity index is 2.73. The summed E-state index contributed by atoms with van der Waals surface area (Å²) in [5.74, 6) is -0.869. The molecule has 3 N–H and O–H groups in total. The summed E-state index contributed by atoms with van der Waals surface area (Å²) in [6, 6.07) is 8.45. The van der Waals surface area contributed by atoms with Gasteiger partial charge in [0.2, 0.25) is 0 Å². The van der Waals surface area contributed by atoms with Gasteiger partial charge in [-0.2, -0.15) is 0 Å². The van der Waals surface area contributed by atoms with Crippen molar-refractivity contribution in [3.05, 3.63) is 35.9 Å². The van der Waals surface area contributed by atoms with E-state index in [0.29, 0.717) is 6.67 Å². The molecule has 0 aromatic heterocycles. The Kier molecular flexibility index (Phi) is 4.10. The van der Waals surface area contributed by atoms with Gasteiger partial charge >= 0.3 is 5.97 Å². The van der Waals surface area contributed by atoms with Crippen molar-refractivity contribution in [2.45, 2.75) is 6.04 Å². The predicted octanol–water partition coefficient (Wildman–Crippen LogP) is 0.579. The summed E-state index contributed by atoms with van der Waals surface area (Å²) in [4.78, 5) is 10.9. The lowest BCUT2D eigenvalue weighted by molar-refractivity contribution is -0.139. The molecule has 4 heteroatoms. The third-order valence-electron chi connectivity index (χ3n) is 1.86. The second kappa shape index (κ2) is 5.36. The van der Waals surface area contributed by atoms with E-state index in [0.717, 1.165) is 5.56 Å². The highest BCUT2D eigenvalue weighted by atomic mass is 16.4. The van der Waals surface area contributed by atoms with Crippen LogP contribution in [0, 0.1) is 0 Å². The Hall–Kier alpha value is -1.39. The third-order valence-corrected chi connectivity index (χ3v) is 1.86. The number of carboxylic acids is 1. The van der Waals surface area contributed by atoms with Crippen LogP contribution in [0.2, 0.25) is 0 Å². The summed E-state index contributed by atoms with van der Waals surface area (Å²) in [7, 11) is 1.76. The second-order valence-electron chi connectivity index (χ2n) is 2.92. The Labute approximate surface area is 82.9 Å². The first kappa shape index (κ1) is 10.7. The van der Waals surface area contributed by atoms with Crippen LogP contribution in [0.4, 0.5) is 0 Å². The molecule has 0 spiro atoms. The zero-order chi connectivity index (χ0) is 10.4. The first-order valence-electron chi connectivity index (χ1n) is 4.41. The summed E-state index contributed by atoms with van der Waals surface area (Å²) in [5.41, 5.74) is 0.759. The lowest BCUT2D eigenvalue weighted by atomic mass is 10.1. The number of nitrogens with one attached hydrogen (secondary N) is 2. The van der Waals surface area contributed by atoms with Gasteiger partial charge in [0.15, 0.2) is 0 Å². The molecule has 0 amide bonds. The Morgan fingerprint density at radius 2 is 2.07 bits per heavy atom. The molecule has 4 nitrogen and oxygen atoms in total. The lowest BCUT2D eigenvalue weighted by Gasteiger charge is -2.13.